The number of rotatable bonds is 8. The number of unbranched alkanes of at least 4 members (excludes halogenated alkanes) is 3. The van der Waals surface area contributed by atoms with E-state index in [1.165, 1.54) is 19.3 Å². The maximum absolute atomic E-state index is 9.57. The van der Waals surface area contributed by atoms with Gasteiger partial charge in [0.1, 0.15) is 17.2 Å². The minimum absolute atomic E-state index is 0.245. The minimum Gasteiger partial charge on any atom is -0.508 e. The van der Waals surface area contributed by atoms with Gasteiger partial charge in [0.15, 0.2) is 0 Å². The molecule has 1 atom stereocenters. The second kappa shape index (κ2) is 17.4. The Hall–Kier alpha value is -2.07. The normalized spacial score (nSPS) is 11.0. The topological polar surface area (TPSA) is 60.7 Å². The lowest BCUT2D eigenvalue weighted by Crippen LogP contribution is -1.93. The quantitative estimate of drug-likeness (QED) is 0.249. The van der Waals surface area contributed by atoms with Crippen molar-refractivity contribution in [1.29, 1.82) is 0 Å². The third-order valence-electron chi connectivity index (χ3n) is 5.41. The second-order valence-corrected chi connectivity index (χ2v) is 9.76. The van der Waals surface area contributed by atoms with Gasteiger partial charge < -0.3 is 15.3 Å². The summed E-state index contributed by atoms with van der Waals surface area (Å²) >= 11 is 17.2. The number of benzene rings is 3. The van der Waals surface area contributed by atoms with Gasteiger partial charge in [0.25, 0.3) is 0 Å². The molecule has 0 spiro atoms. The number of hydrogen-bond acceptors (Lipinski definition) is 3. The summed E-state index contributed by atoms with van der Waals surface area (Å²) in [6, 6.07) is 16.8. The number of phenols is 3. The van der Waals surface area contributed by atoms with Crippen LogP contribution in [0.1, 0.15) is 76.3 Å². The molecule has 3 rings (SSSR count). The second-order valence-electron chi connectivity index (χ2n) is 8.45. The van der Waals surface area contributed by atoms with Crippen LogP contribution >= 0.6 is 34.8 Å². The van der Waals surface area contributed by atoms with Crippen molar-refractivity contribution >= 4 is 34.8 Å². The molecule has 3 aromatic rings. The molecule has 3 aromatic carbocycles. The monoisotopic (exact) mass is 538 g/mol. The standard InChI is InChI=1S/C12H17ClO.C11H15ClO.C6H5ClO/c1-2-3-4-5-6-10-9-11(13)7-8-12(10)14;1-3-4-8(2)10-7-9(12)5-6-11(10)13;7-5-1-3-6(8)4-2-5/h7-9,14H,2-6H2,1H3;5-8,13H,3-4H2,1-2H3;1-4,8H. The van der Waals surface area contributed by atoms with E-state index in [-0.39, 0.29) is 5.75 Å². The van der Waals surface area contributed by atoms with Crippen LogP contribution in [-0.2, 0) is 6.42 Å². The molecule has 0 aliphatic rings. The highest BCUT2D eigenvalue weighted by Gasteiger charge is 2.09. The third-order valence-corrected chi connectivity index (χ3v) is 6.13. The fourth-order valence-corrected chi connectivity index (χ4v) is 3.95. The molecule has 3 nitrogen and oxygen atoms in total. The van der Waals surface area contributed by atoms with Gasteiger partial charge in [0.2, 0.25) is 0 Å². The zero-order valence-corrected chi connectivity index (χ0v) is 23.0. The molecule has 0 aromatic heterocycles. The summed E-state index contributed by atoms with van der Waals surface area (Å²) in [7, 11) is 0. The van der Waals surface area contributed by atoms with E-state index in [9.17, 15) is 10.2 Å². The molecule has 0 radical (unpaired) electrons. The summed E-state index contributed by atoms with van der Waals surface area (Å²) in [5.74, 6) is 1.34. The van der Waals surface area contributed by atoms with E-state index in [0.29, 0.717) is 32.5 Å². The number of aromatic hydroxyl groups is 3. The lowest BCUT2D eigenvalue weighted by molar-refractivity contribution is 0.460. The smallest absolute Gasteiger partial charge is 0.119 e. The van der Waals surface area contributed by atoms with Crippen LogP contribution in [0.4, 0.5) is 0 Å². The predicted molar refractivity (Wildman–Crippen MR) is 151 cm³/mol. The van der Waals surface area contributed by atoms with Crippen LogP contribution in [0.15, 0.2) is 60.7 Å². The van der Waals surface area contributed by atoms with Crippen molar-refractivity contribution in [3.8, 4) is 17.2 Å². The number of aryl methyl sites for hydroxylation is 1. The highest BCUT2D eigenvalue weighted by Crippen LogP contribution is 2.31. The Bertz CT molecular complexity index is 970. The van der Waals surface area contributed by atoms with Crippen molar-refractivity contribution < 1.29 is 15.3 Å². The van der Waals surface area contributed by atoms with E-state index in [0.717, 1.165) is 36.8 Å². The van der Waals surface area contributed by atoms with Crippen LogP contribution in [0, 0.1) is 0 Å². The Labute approximate surface area is 225 Å². The number of hydrogen-bond donors (Lipinski definition) is 3. The zero-order valence-electron chi connectivity index (χ0n) is 20.8. The summed E-state index contributed by atoms with van der Waals surface area (Å²) < 4.78 is 0. The molecular weight excluding hydrogens is 503 g/mol. The molecule has 1 unspecified atom stereocenters. The van der Waals surface area contributed by atoms with Crippen molar-refractivity contribution in [2.45, 2.75) is 71.6 Å². The lowest BCUT2D eigenvalue weighted by atomic mass is 9.96. The molecule has 0 aliphatic carbocycles. The van der Waals surface area contributed by atoms with Crippen LogP contribution in [0.25, 0.3) is 0 Å². The minimum atomic E-state index is 0.245. The molecule has 3 N–H and O–H groups in total. The van der Waals surface area contributed by atoms with Crippen molar-refractivity contribution in [3.63, 3.8) is 0 Å². The number of halogens is 3. The van der Waals surface area contributed by atoms with Crippen LogP contribution in [0.5, 0.6) is 17.2 Å². The van der Waals surface area contributed by atoms with Gasteiger partial charge in [-0.15, -0.1) is 0 Å². The zero-order chi connectivity index (χ0) is 26.2. The van der Waals surface area contributed by atoms with Crippen molar-refractivity contribution in [2.24, 2.45) is 0 Å². The van der Waals surface area contributed by atoms with Crippen molar-refractivity contribution in [3.05, 3.63) is 86.9 Å². The molecular formula is C29H37Cl3O3. The van der Waals surface area contributed by atoms with E-state index in [1.807, 2.05) is 12.1 Å². The number of phenolic OH excluding ortho intramolecular Hbond substituents is 3. The first-order valence-corrected chi connectivity index (χ1v) is 13.2. The maximum Gasteiger partial charge on any atom is 0.119 e. The Balaban J connectivity index is 0.000000272. The van der Waals surface area contributed by atoms with Gasteiger partial charge >= 0.3 is 0 Å². The fraction of sp³-hybridized carbons (Fsp3) is 0.379. The molecule has 0 aliphatic heterocycles. The van der Waals surface area contributed by atoms with Gasteiger partial charge in [-0.3, -0.25) is 0 Å². The van der Waals surface area contributed by atoms with Gasteiger partial charge in [-0.25, -0.2) is 0 Å². The molecule has 0 amide bonds. The molecule has 192 valence electrons. The van der Waals surface area contributed by atoms with Gasteiger partial charge in [0, 0.05) is 15.1 Å². The molecule has 0 saturated heterocycles. The van der Waals surface area contributed by atoms with E-state index in [1.54, 1.807) is 48.5 Å². The van der Waals surface area contributed by atoms with Gasteiger partial charge in [-0.1, -0.05) is 81.3 Å². The Morgan fingerprint density at radius 3 is 1.80 bits per heavy atom. The van der Waals surface area contributed by atoms with Crippen LogP contribution in [0.2, 0.25) is 15.1 Å². The highest BCUT2D eigenvalue weighted by molar-refractivity contribution is 6.31. The first kappa shape index (κ1) is 31.0. The SMILES string of the molecule is CCCC(C)c1cc(Cl)ccc1O.CCCCCCc1cc(Cl)ccc1O.Oc1ccc(Cl)cc1. The summed E-state index contributed by atoms with van der Waals surface area (Å²) in [6.45, 7) is 6.43. The summed E-state index contributed by atoms with van der Waals surface area (Å²) in [4.78, 5) is 0. The van der Waals surface area contributed by atoms with E-state index in [4.69, 9.17) is 39.9 Å². The molecule has 0 heterocycles. The van der Waals surface area contributed by atoms with Crippen molar-refractivity contribution in [2.75, 3.05) is 0 Å². The van der Waals surface area contributed by atoms with Gasteiger partial charge in [0.05, 0.1) is 0 Å². The molecule has 6 heteroatoms. The van der Waals surface area contributed by atoms with E-state index >= 15 is 0 Å². The third kappa shape index (κ3) is 13.0. The lowest BCUT2D eigenvalue weighted by Gasteiger charge is -2.12. The molecule has 35 heavy (non-hydrogen) atoms. The summed E-state index contributed by atoms with van der Waals surface area (Å²) in [6.07, 6.45) is 7.97. The predicted octanol–water partition coefficient (Wildman–Crippen LogP) is 10.2. The van der Waals surface area contributed by atoms with E-state index < -0.39 is 0 Å². The average Bonchev–Trinajstić information content (AvgIpc) is 2.83. The average molecular weight is 540 g/mol. The van der Waals surface area contributed by atoms with Crippen LogP contribution in [-0.4, -0.2) is 15.3 Å². The molecule has 0 saturated carbocycles. The Morgan fingerprint density at radius 2 is 1.23 bits per heavy atom. The largest absolute Gasteiger partial charge is 0.508 e. The Kier molecular flexibility index (Phi) is 15.4. The maximum atomic E-state index is 9.57. The summed E-state index contributed by atoms with van der Waals surface area (Å²) in [5, 5.41) is 29.8. The fourth-order valence-electron chi connectivity index (χ4n) is 3.45. The van der Waals surface area contributed by atoms with Gasteiger partial charge in [-0.05, 0) is 97.0 Å². The van der Waals surface area contributed by atoms with Crippen LogP contribution < -0.4 is 0 Å². The highest BCUT2D eigenvalue weighted by atomic mass is 35.5. The van der Waals surface area contributed by atoms with Crippen LogP contribution in [0.3, 0.4) is 0 Å². The summed E-state index contributed by atoms with van der Waals surface area (Å²) in [5.41, 5.74) is 1.92. The molecule has 0 bridgehead atoms. The van der Waals surface area contributed by atoms with Crippen molar-refractivity contribution in [1.82, 2.24) is 0 Å². The van der Waals surface area contributed by atoms with E-state index in [2.05, 4.69) is 20.8 Å². The van der Waals surface area contributed by atoms with Gasteiger partial charge in [-0.2, -0.15) is 0 Å². The first-order chi connectivity index (χ1) is 16.7. The Morgan fingerprint density at radius 1 is 0.657 bits per heavy atom. The molecule has 0 fully saturated rings. The first-order valence-electron chi connectivity index (χ1n) is 12.1.